The highest BCUT2D eigenvalue weighted by molar-refractivity contribution is 4.73. The van der Waals surface area contributed by atoms with E-state index in [0.717, 1.165) is 26.2 Å². The first kappa shape index (κ1) is 15.9. The van der Waals surface area contributed by atoms with Crippen LogP contribution in [0.5, 0.6) is 0 Å². The van der Waals surface area contributed by atoms with Crippen LogP contribution in [0.4, 0.5) is 0 Å². The van der Waals surface area contributed by atoms with Crippen LogP contribution in [0.3, 0.4) is 0 Å². The van der Waals surface area contributed by atoms with Crippen molar-refractivity contribution in [1.29, 1.82) is 0 Å². The first-order valence-corrected chi connectivity index (χ1v) is 7.76. The molecule has 1 aliphatic heterocycles. The summed E-state index contributed by atoms with van der Waals surface area (Å²) >= 11 is 0. The van der Waals surface area contributed by atoms with E-state index in [1.165, 1.54) is 38.5 Å². The molecule has 0 bridgehead atoms. The summed E-state index contributed by atoms with van der Waals surface area (Å²) in [4.78, 5) is 2.46. The molecule has 1 heterocycles. The molecule has 0 spiro atoms. The molecule has 108 valence electrons. The molecular weight excluding hydrogens is 224 g/mol. The van der Waals surface area contributed by atoms with Gasteiger partial charge >= 0.3 is 0 Å². The predicted octanol–water partition coefficient (Wildman–Crippen LogP) is 2.66. The summed E-state index contributed by atoms with van der Waals surface area (Å²) in [6.07, 6.45) is 8.60. The van der Waals surface area contributed by atoms with Gasteiger partial charge in [-0.05, 0) is 20.4 Å². The lowest BCUT2D eigenvalue weighted by molar-refractivity contribution is 0.00338. The first-order chi connectivity index (χ1) is 8.74. The molecule has 0 saturated carbocycles. The zero-order valence-corrected chi connectivity index (χ0v) is 12.6. The number of hydrogen-bond donors (Lipinski definition) is 1. The summed E-state index contributed by atoms with van der Waals surface area (Å²) in [7, 11) is 2.23. The fourth-order valence-corrected chi connectivity index (χ4v) is 2.50. The van der Waals surface area contributed by atoms with Crippen molar-refractivity contribution in [1.82, 2.24) is 10.2 Å². The SMILES string of the molecule is CCCCCCCC(C)N(C)CC1CNCCO1. The van der Waals surface area contributed by atoms with Crippen LogP contribution >= 0.6 is 0 Å². The molecule has 3 heteroatoms. The third kappa shape index (κ3) is 6.72. The highest BCUT2D eigenvalue weighted by Crippen LogP contribution is 2.11. The Morgan fingerprint density at radius 3 is 2.72 bits per heavy atom. The summed E-state index contributed by atoms with van der Waals surface area (Å²) in [6, 6.07) is 0.678. The minimum absolute atomic E-state index is 0.381. The summed E-state index contributed by atoms with van der Waals surface area (Å²) < 4.78 is 5.75. The highest BCUT2D eigenvalue weighted by atomic mass is 16.5. The fourth-order valence-electron chi connectivity index (χ4n) is 2.50. The Bertz CT molecular complexity index is 193. The summed E-state index contributed by atoms with van der Waals surface area (Å²) in [5, 5.41) is 3.39. The molecule has 1 saturated heterocycles. The predicted molar refractivity (Wildman–Crippen MR) is 78.1 cm³/mol. The van der Waals surface area contributed by atoms with E-state index in [9.17, 15) is 0 Å². The number of hydrogen-bond acceptors (Lipinski definition) is 3. The smallest absolute Gasteiger partial charge is 0.0826 e. The van der Waals surface area contributed by atoms with E-state index >= 15 is 0 Å². The van der Waals surface area contributed by atoms with Gasteiger partial charge in [0.2, 0.25) is 0 Å². The second-order valence-corrected chi connectivity index (χ2v) is 5.69. The molecule has 3 nitrogen and oxygen atoms in total. The average molecular weight is 256 g/mol. The Balaban J connectivity index is 2.06. The van der Waals surface area contributed by atoms with Crippen molar-refractivity contribution < 1.29 is 4.74 Å². The van der Waals surface area contributed by atoms with Gasteiger partial charge in [0.15, 0.2) is 0 Å². The molecular formula is C15H32N2O. The van der Waals surface area contributed by atoms with Crippen LogP contribution in [-0.2, 0) is 4.74 Å². The maximum atomic E-state index is 5.75. The fraction of sp³-hybridized carbons (Fsp3) is 1.00. The van der Waals surface area contributed by atoms with Crippen LogP contribution in [0.2, 0.25) is 0 Å². The molecule has 0 aliphatic carbocycles. The van der Waals surface area contributed by atoms with Crippen LogP contribution in [0.15, 0.2) is 0 Å². The van der Waals surface area contributed by atoms with Gasteiger partial charge in [0.05, 0.1) is 12.7 Å². The van der Waals surface area contributed by atoms with Gasteiger partial charge in [-0.2, -0.15) is 0 Å². The topological polar surface area (TPSA) is 24.5 Å². The van der Waals surface area contributed by atoms with Crippen molar-refractivity contribution in [3.63, 3.8) is 0 Å². The van der Waals surface area contributed by atoms with Gasteiger partial charge in [-0.25, -0.2) is 0 Å². The van der Waals surface area contributed by atoms with Crippen molar-refractivity contribution in [2.75, 3.05) is 33.3 Å². The van der Waals surface area contributed by atoms with E-state index in [1.54, 1.807) is 0 Å². The average Bonchev–Trinajstić information content (AvgIpc) is 2.39. The number of morpholine rings is 1. The molecule has 1 fully saturated rings. The van der Waals surface area contributed by atoms with E-state index in [0.29, 0.717) is 12.1 Å². The number of nitrogens with one attached hydrogen (secondary N) is 1. The van der Waals surface area contributed by atoms with Crippen molar-refractivity contribution >= 4 is 0 Å². The molecule has 1 aliphatic rings. The zero-order valence-electron chi connectivity index (χ0n) is 12.6. The van der Waals surface area contributed by atoms with Crippen molar-refractivity contribution in [3.8, 4) is 0 Å². The Hall–Kier alpha value is -0.120. The highest BCUT2D eigenvalue weighted by Gasteiger charge is 2.18. The Morgan fingerprint density at radius 1 is 1.28 bits per heavy atom. The van der Waals surface area contributed by atoms with Gasteiger partial charge in [0.25, 0.3) is 0 Å². The largest absolute Gasteiger partial charge is 0.374 e. The molecule has 18 heavy (non-hydrogen) atoms. The molecule has 0 radical (unpaired) electrons. The van der Waals surface area contributed by atoms with Crippen LogP contribution < -0.4 is 5.32 Å². The third-order valence-electron chi connectivity index (χ3n) is 3.97. The standard InChI is InChI=1S/C15H32N2O/c1-4-5-6-7-8-9-14(2)17(3)13-15-12-16-10-11-18-15/h14-16H,4-13H2,1-3H3. The van der Waals surface area contributed by atoms with Crippen LogP contribution in [-0.4, -0.2) is 50.3 Å². The number of rotatable bonds is 9. The third-order valence-corrected chi connectivity index (χ3v) is 3.97. The van der Waals surface area contributed by atoms with E-state index in [1.807, 2.05) is 0 Å². The molecule has 2 unspecified atom stereocenters. The Morgan fingerprint density at radius 2 is 2.06 bits per heavy atom. The first-order valence-electron chi connectivity index (χ1n) is 7.76. The van der Waals surface area contributed by atoms with E-state index in [2.05, 4.69) is 31.1 Å². The van der Waals surface area contributed by atoms with Crippen LogP contribution in [0, 0.1) is 0 Å². The number of nitrogens with zero attached hydrogens (tertiary/aromatic N) is 1. The minimum atomic E-state index is 0.381. The molecule has 2 atom stereocenters. The van der Waals surface area contributed by atoms with E-state index in [4.69, 9.17) is 4.74 Å². The summed E-state index contributed by atoms with van der Waals surface area (Å²) in [5.41, 5.74) is 0. The monoisotopic (exact) mass is 256 g/mol. The Kier molecular flexibility index (Phi) is 8.64. The number of ether oxygens (including phenoxy) is 1. The molecule has 0 aromatic carbocycles. The normalized spacial score (nSPS) is 22.3. The molecule has 0 amide bonds. The summed E-state index contributed by atoms with van der Waals surface area (Å²) in [6.45, 7) is 8.55. The lowest BCUT2D eigenvalue weighted by Gasteiger charge is -2.31. The lowest BCUT2D eigenvalue weighted by Crippen LogP contribution is -2.46. The van der Waals surface area contributed by atoms with Gasteiger partial charge in [0.1, 0.15) is 0 Å². The van der Waals surface area contributed by atoms with Crippen LogP contribution in [0.25, 0.3) is 0 Å². The van der Waals surface area contributed by atoms with Gasteiger partial charge in [-0.3, -0.25) is 0 Å². The van der Waals surface area contributed by atoms with E-state index < -0.39 is 0 Å². The van der Waals surface area contributed by atoms with Crippen molar-refractivity contribution in [3.05, 3.63) is 0 Å². The second kappa shape index (κ2) is 9.76. The molecule has 1 N–H and O–H groups in total. The maximum absolute atomic E-state index is 5.75. The maximum Gasteiger partial charge on any atom is 0.0826 e. The number of likely N-dealkylation sites (N-methyl/N-ethyl adjacent to an activating group) is 1. The van der Waals surface area contributed by atoms with Gasteiger partial charge in [0, 0.05) is 25.7 Å². The van der Waals surface area contributed by atoms with Gasteiger partial charge < -0.3 is 15.0 Å². The number of unbranched alkanes of at least 4 members (excludes halogenated alkanes) is 4. The Labute approximate surface area is 113 Å². The van der Waals surface area contributed by atoms with Crippen molar-refractivity contribution in [2.24, 2.45) is 0 Å². The van der Waals surface area contributed by atoms with E-state index in [-0.39, 0.29) is 0 Å². The van der Waals surface area contributed by atoms with Crippen molar-refractivity contribution in [2.45, 2.75) is 64.5 Å². The molecule has 0 aromatic heterocycles. The minimum Gasteiger partial charge on any atom is -0.374 e. The van der Waals surface area contributed by atoms with Gasteiger partial charge in [-0.1, -0.05) is 39.0 Å². The second-order valence-electron chi connectivity index (χ2n) is 5.69. The van der Waals surface area contributed by atoms with Crippen LogP contribution in [0.1, 0.15) is 52.4 Å². The summed E-state index contributed by atoms with van der Waals surface area (Å²) in [5.74, 6) is 0. The molecule has 1 rings (SSSR count). The zero-order chi connectivity index (χ0) is 13.2. The quantitative estimate of drug-likeness (QED) is 0.642. The van der Waals surface area contributed by atoms with Gasteiger partial charge in [-0.15, -0.1) is 0 Å². The molecule has 0 aromatic rings. The lowest BCUT2D eigenvalue weighted by atomic mass is 10.1.